The molecule has 0 radical (unpaired) electrons. The van der Waals surface area contributed by atoms with E-state index >= 15 is 0 Å². The Bertz CT molecular complexity index is 1450. The van der Waals surface area contributed by atoms with Crippen LogP contribution < -0.4 is 4.80 Å². The molecule has 1 aliphatic rings. The summed E-state index contributed by atoms with van der Waals surface area (Å²) < 4.78 is 30.5. The first-order valence-electron chi connectivity index (χ1n) is 12.5. The number of para-hydroxylation sites is 1. The molecule has 1 aromatic heterocycles. The van der Waals surface area contributed by atoms with Crippen molar-refractivity contribution < 1.29 is 8.42 Å². The third-order valence-corrected chi connectivity index (χ3v) is 9.60. The zero-order chi connectivity index (χ0) is 25.0. The molecule has 0 bridgehead atoms. The Hall–Kier alpha value is -3.00. The van der Waals surface area contributed by atoms with Crippen molar-refractivity contribution in [2.45, 2.75) is 37.6 Å². The summed E-state index contributed by atoms with van der Waals surface area (Å²) >= 11 is 1.59. The van der Waals surface area contributed by atoms with Gasteiger partial charge in [-0.15, -0.1) is 11.3 Å². The van der Waals surface area contributed by atoms with Crippen LogP contribution in [-0.2, 0) is 23.0 Å². The Kier molecular flexibility index (Phi) is 7.51. The first-order valence-corrected chi connectivity index (χ1v) is 14.8. The summed E-state index contributed by atoms with van der Waals surface area (Å²) in [4.78, 5) is 6.07. The van der Waals surface area contributed by atoms with Gasteiger partial charge in [-0.3, -0.25) is 0 Å². The first-order chi connectivity index (χ1) is 17.5. The van der Waals surface area contributed by atoms with Crippen LogP contribution in [0.15, 0.2) is 100 Å². The molecule has 0 N–H and O–H groups in total. The Labute approximate surface area is 217 Å². The van der Waals surface area contributed by atoms with Gasteiger partial charge in [-0.1, -0.05) is 60.7 Å². The highest BCUT2D eigenvalue weighted by Gasteiger charge is 2.29. The van der Waals surface area contributed by atoms with Crippen LogP contribution in [0.1, 0.15) is 25.3 Å². The van der Waals surface area contributed by atoms with Gasteiger partial charge in [0.15, 0.2) is 4.80 Å². The molecule has 4 aromatic rings. The van der Waals surface area contributed by atoms with E-state index in [9.17, 15) is 8.42 Å². The van der Waals surface area contributed by atoms with E-state index in [1.165, 1.54) is 5.56 Å². The molecule has 1 saturated heterocycles. The largest absolute Gasteiger partial charge is 0.317 e. The molecule has 5 nitrogen and oxygen atoms in total. The van der Waals surface area contributed by atoms with Gasteiger partial charge in [0.2, 0.25) is 10.0 Å². The minimum Gasteiger partial charge on any atom is -0.317 e. The van der Waals surface area contributed by atoms with Crippen LogP contribution in [-0.4, -0.2) is 30.4 Å². The van der Waals surface area contributed by atoms with Crippen molar-refractivity contribution in [2.24, 2.45) is 10.9 Å². The van der Waals surface area contributed by atoms with E-state index in [0.29, 0.717) is 23.9 Å². The molecule has 186 valence electrons. The van der Waals surface area contributed by atoms with Crippen LogP contribution in [0.25, 0.3) is 11.3 Å². The molecule has 0 atom stereocenters. The maximum absolute atomic E-state index is 13.3. The van der Waals surface area contributed by atoms with Crippen molar-refractivity contribution in [1.29, 1.82) is 0 Å². The van der Waals surface area contributed by atoms with E-state index in [2.05, 4.69) is 41.1 Å². The maximum atomic E-state index is 13.3. The molecular weight excluding hydrogens is 486 g/mol. The van der Waals surface area contributed by atoms with Crippen LogP contribution in [0, 0.1) is 5.92 Å². The second-order valence-corrected chi connectivity index (χ2v) is 11.9. The van der Waals surface area contributed by atoms with Gasteiger partial charge in [-0.05, 0) is 67.5 Å². The van der Waals surface area contributed by atoms with Crippen molar-refractivity contribution in [1.82, 2.24) is 8.87 Å². The molecule has 1 aliphatic heterocycles. The maximum Gasteiger partial charge on any atom is 0.243 e. The average Bonchev–Trinajstić information content (AvgIpc) is 3.32. The number of piperidine rings is 1. The zero-order valence-electron chi connectivity index (χ0n) is 20.5. The summed E-state index contributed by atoms with van der Waals surface area (Å²) in [5, 5.41) is 2.09. The second kappa shape index (κ2) is 10.9. The van der Waals surface area contributed by atoms with Crippen LogP contribution in [0.5, 0.6) is 0 Å². The van der Waals surface area contributed by atoms with Crippen molar-refractivity contribution in [2.75, 3.05) is 13.1 Å². The molecule has 5 rings (SSSR count). The van der Waals surface area contributed by atoms with E-state index in [-0.39, 0.29) is 0 Å². The average molecular weight is 518 g/mol. The molecule has 0 spiro atoms. The smallest absolute Gasteiger partial charge is 0.243 e. The summed E-state index contributed by atoms with van der Waals surface area (Å²) in [6.07, 6.45) is 2.80. The number of aromatic nitrogens is 1. The molecule has 0 saturated carbocycles. The van der Waals surface area contributed by atoms with Crippen molar-refractivity contribution in [3.8, 4) is 11.3 Å². The van der Waals surface area contributed by atoms with E-state index in [1.807, 2.05) is 48.5 Å². The Morgan fingerprint density at radius 3 is 2.17 bits per heavy atom. The summed E-state index contributed by atoms with van der Waals surface area (Å²) in [5.74, 6) is 0.528. The van der Waals surface area contributed by atoms with Crippen molar-refractivity contribution in [3.05, 3.63) is 101 Å². The predicted molar refractivity (Wildman–Crippen MR) is 147 cm³/mol. The third-order valence-electron chi connectivity index (χ3n) is 6.82. The van der Waals surface area contributed by atoms with Crippen LogP contribution in [0.4, 0.5) is 5.69 Å². The van der Waals surface area contributed by atoms with E-state index in [0.717, 1.165) is 47.6 Å². The molecule has 0 aliphatic carbocycles. The lowest BCUT2D eigenvalue weighted by molar-refractivity contribution is 0.273. The fourth-order valence-electron chi connectivity index (χ4n) is 4.82. The van der Waals surface area contributed by atoms with Gasteiger partial charge in [-0.25, -0.2) is 13.4 Å². The molecule has 2 heterocycles. The minimum atomic E-state index is -3.50. The Morgan fingerprint density at radius 1 is 0.889 bits per heavy atom. The monoisotopic (exact) mass is 517 g/mol. The number of benzene rings is 3. The SMILES string of the molecule is CCn1c(-c2ccc(S(=O)(=O)N3CCC(Cc4ccccc4)CC3)cc2)csc1=Nc1ccccc1. The molecule has 36 heavy (non-hydrogen) atoms. The molecule has 0 amide bonds. The van der Waals surface area contributed by atoms with Crippen LogP contribution in [0.2, 0.25) is 0 Å². The minimum absolute atomic E-state index is 0.361. The van der Waals surface area contributed by atoms with Gasteiger partial charge in [0.1, 0.15) is 0 Å². The second-order valence-electron chi connectivity index (χ2n) is 9.16. The fourth-order valence-corrected chi connectivity index (χ4v) is 7.28. The summed E-state index contributed by atoms with van der Waals surface area (Å²) in [5.41, 5.74) is 4.28. The number of hydrogen-bond acceptors (Lipinski definition) is 4. The van der Waals surface area contributed by atoms with E-state index in [1.54, 1.807) is 27.8 Å². The molecule has 7 heteroatoms. The van der Waals surface area contributed by atoms with Crippen LogP contribution in [0.3, 0.4) is 0 Å². The normalized spacial score (nSPS) is 15.9. The van der Waals surface area contributed by atoms with Gasteiger partial charge < -0.3 is 4.57 Å². The van der Waals surface area contributed by atoms with Gasteiger partial charge in [0, 0.05) is 25.0 Å². The third kappa shape index (κ3) is 5.38. The first kappa shape index (κ1) is 24.7. The number of nitrogens with zero attached hydrogens (tertiary/aromatic N) is 3. The van der Waals surface area contributed by atoms with Gasteiger partial charge in [-0.2, -0.15) is 4.31 Å². The van der Waals surface area contributed by atoms with E-state index in [4.69, 9.17) is 4.99 Å². The Morgan fingerprint density at radius 2 is 1.53 bits per heavy atom. The fraction of sp³-hybridized carbons (Fsp3) is 0.276. The van der Waals surface area contributed by atoms with Gasteiger partial charge in [0.05, 0.1) is 16.3 Å². The van der Waals surface area contributed by atoms with Gasteiger partial charge in [0.25, 0.3) is 0 Å². The number of sulfonamides is 1. The van der Waals surface area contributed by atoms with Crippen molar-refractivity contribution >= 4 is 27.0 Å². The van der Waals surface area contributed by atoms with Crippen molar-refractivity contribution in [3.63, 3.8) is 0 Å². The number of thiazole rings is 1. The lowest BCUT2D eigenvalue weighted by Crippen LogP contribution is -2.38. The lowest BCUT2D eigenvalue weighted by atomic mass is 9.91. The highest BCUT2D eigenvalue weighted by molar-refractivity contribution is 7.89. The number of rotatable bonds is 7. The molecule has 0 unspecified atom stereocenters. The molecular formula is C29H31N3O2S2. The summed E-state index contributed by atoms with van der Waals surface area (Å²) in [6.45, 7) is 4.03. The topological polar surface area (TPSA) is 54.7 Å². The Balaban J connectivity index is 1.30. The van der Waals surface area contributed by atoms with E-state index < -0.39 is 10.0 Å². The highest BCUT2D eigenvalue weighted by Crippen LogP contribution is 2.28. The number of hydrogen-bond donors (Lipinski definition) is 0. The molecule has 3 aromatic carbocycles. The highest BCUT2D eigenvalue weighted by atomic mass is 32.2. The van der Waals surface area contributed by atoms with Crippen LogP contribution >= 0.6 is 11.3 Å². The summed E-state index contributed by atoms with van der Waals surface area (Å²) in [6, 6.07) is 27.7. The predicted octanol–water partition coefficient (Wildman–Crippen LogP) is 6.11. The lowest BCUT2D eigenvalue weighted by Gasteiger charge is -2.31. The quantitative estimate of drug-likeness (QED) is 0.297. The zero-order valence-corrected chi connectivity index (χ0v) is 22.1. The summed E-state index contributed by atoms with van der Waals surface area (Å²) in [7, 11) is -3.50. The standard InChI is InChI=1S/C29H31N3O2S2/c1-2-32-28(22-35-29(32)30-26-11-7-4-8-12-26)25-13-15-27(16-14-25)36(33,34)31-19-17-24(18-20-31)21-23-9-5-3-6-10-23/h3-16,22,24H,2,17-21H2,1H3. The molecule has 1 fully saturated rings. The van der Waals surface area contributed by atoms with Gasteiger partial charge >= 0.3 is 0 Å².